The van der Waals surface area contributed by atoms with Gasteiger partial charge in [-0.05, 0) is 87.6 Å². The van der Waals surface area contributed by atoms with Crippen molar-refractivity contribution in [1.82, 2.24) is 15.8 Å². The normalized spacial score (nSPS) is 30.0. The summed E-state index contributed by atoms with van der Waals surface area (Å²) in [4.78, 5) is 26.6. The zero-order valence-electron chi connectivity index (χ0n) is 20.9. The lowest BCUT2D eigenvalue weighted by atomic mass is 9.54. The van der Waals surface area contributed by atoms with Crippen molar-refractivity contribution in [3.8, 4) is 5.88 Å². The topological polar surface area (TPSA) is 114 Å². The van der Waals surface area contributed by atoms with Gasteiger partial charge in [-0.1, -0.05) is 12.8 Å². The van der Waals surface area contributed by atoms with Gasteiger partial charge < -0.3 is 25.0 Å². The van der Waals surface area contributed by atoms with Crippen LogP contribution in [0.3, 0.4) is 0 Å². The third-order valence-electron chi connectivity index (χ3n) is 8.52. The minimum atomic E-state index is -0.827. The number of hydrogen-bond donors (Lipinski definition) is 3. The molecule has 0 aliphatic heterocycles. The summed E-state index contributed by atoms with van der Waals surface area (Å²) in [7, 11) is 0. The molecule has 5 saturated carbocycles. The van der Waals surface area contributed by atoms with E-state index >= 15 is 0 Å². The van der Waals surface area contributed by atoms with Crippen LogP contribution in [-0.4, -0.2) is 53.1 Å². The van der Waals surface area contributed by atoms with E-state index in [1.807, 2.05) is 0 Å². The Morgan fingerprint density at radius 3 is 2.40 bits per heavy atom. The summed E-state index contributed by atoms with van der Waals surface area (Å²) < 4.78 is 11.6. The molecule has 4 bridgehead atoms. The average molecular weight is 506 g/mol. The van der Waals surface area contributed by atoms with Crippen molar-refractivity contribution < 1.29 is 24.0 Å². The molecule has 5 fully saturated rings. The molecular weight excluding hydrogens is 466 g/mol. The Morgan fingerprint density at radius 1 is 1.11 bits per heavy atom. The number of aliphatic hydroxyl groups is 1. The number of nitrogens with zero attached hydrogens (tertiary/aromatic N) is 1. The Bertz CT molecular complexity index is 898. The summed E-state index contributed by atoms with van der Waals surface area (Å²) >= 11 is 1.63. The second-order valence-corrected chi connectivity index (χ2v) is 13.1. The molecule has 6 rings (SSSR count). The van der Waals surface area contributed by atoms with Crippen LogP contribution in [0.15, 0.2) is 9.42 Å². The van der Waals surface area contributed by atoms with Crippen molar-refractivity contribution in [3.63, 3.8) is 0 Å². The van der Waals surface area contributed by atoms with Crippen molar-refractivity contribution in [2.24, 2.45) is 29.1 Å². The highest BCUT2D eigenvalue weighted by Gasteiger charge is 2.49. The first-order valence-corrected chi connectivity index (χ1v) is 14.2. The summed E-state index contributed by atoms with van der Waals surface area (Å²) in [5, 5.41) is 19.6. The lowest BCUT2D eigenvalue weighted by Crippen LogP contribution is -2.55. The lowest BCUT2D eigenvalue weighted by Gasteiger charge is -2.54. The minimum Gasteiger partial charge on any atom is -0.474 e. The zero-order valence-corrected chi connectivity index (χ0v) is 21.7. The Balaban J connectivity index is 1.30. The largest absolute Gasteiger partial charge is 0.474 e. The molecule has 1 heterocycles. The molecule has 0 saturated heterocycles. The number of aromatic nitrogens is 1. The van der Waals surface area contributed by atoms with Crippen LogP contribution in [0.1, 0.15) is 82.2 Å². The van der Waals surface area contributed by atoms with Crippen LogP contribution in [0.5, 0.6) is 5.88 Å². The third kappa shape index (κ3) is 5.36. The number of aliphatic hydroxyl groups excluding tert-OH is 1. The van der Waals surface area contributed by atoms with E-state index in [1.165, 1.54) is 44.9 Å². The van der Waals surface area contributed by atoms with Crippen molar-refractivity contribution in [2.75, 3.05) is 19.8 Å². The Morgan fingerprint density at radius 2 is 1.77 bits per heavy atom. The number of amides is 2. The van der Waals surface area contributed by atoms with Crippen LogP contribution in [0.2, 0.25) is 0 Å². The van der Waals surface area contributed by atoms with Gasteiger partial charge in [0.05, 0.1) is 12.0 Å². The number of nitrogens with one attached hydrogen (secondary N) is 2. The Hall–Kier alpha value is -1.74. The quantitative estimate of drug-likeness (QED) is 0.443. The van der Waals surface area contributed by atoms with E-state index in [-0.39, 0.29) is 43.4 Å². The molecule has 2 amide bonds. The molecule has 9 heteroatoms. The fraction of sp³-hybridized carbons (Fsp3) is 0.808. The van der Waals surface area contributed by atoms with Gasteiger partial charge in [-0.25, -0.2) is 0 Å². The average Bonchev–Trinajstić information content (AvgIpc) is 3.48. The van der Waals surface area contributed by atoms with E-state index in [1.54, 1.807) is 25.6 Å². The summed E-state index contributed by atoms with van der Waals surface area (Å²) in [6, 6.07) is 0.225. The molecule has 0 unspecified atom stereocenters. The van der Waals surface area contributed by atoms with E-state index in [2.05, 4.69) is 15.8 Å². The smallest absolute Gasteiger partial charge is 0.291 e. The molecule has 0 aromatic carbocycles. The molecule has 5 aliphatic carbocycles. The first kappa shape index (κ1) is 24.9. The van der Waals surface area contributed by atoms with E-state index in [0.717, 1.165) is 24.7 Å². The summed E-state index contributed by atoms with van der Waals surface area (Å²) in [6.45, 7) is 3.74. The van der Waals surface area contributed by atoms with E-state index in [9.17, 15) is 9.59 Å². The Kier molecular flexibility index (Phi) is 7.35. The van der Waals surface area contributed by atoms with Crippen LogP contribution in [0, 0.1) is 29.1 Å². The molecule has 1 aromatic rings. The lowest BCUT2D eigenvalue weighted by molar-refractivity contribution is -0.131. The zero-order chi connectivity index (χ0) is 24.6. The van der Waals surface area contributed by atoms with Gasteiger partial charge in [0.2, 0.25) is 11.7 Å². The number of hydrogen-bond acceptors (Lipinski definition) is 7. The van der Waals surface area contributed by atoms with Crippen molar-refractivity contribution >= 4 is 23.6 Å². The molecule has 1 aromatic heterocycles. The maximum atomic E-state index is 13.5. The molecule has 5 aliphatic rings. The van der Waals surface area contributed by atoms with Crippen LogP contribution in [-0.2, 0) is 4.79 Å². The predicted octanol–water partition coefficient (Wildman–Crippen LogP) is 3.78. The fourth-order valence-electron chi connectivity index (χ4n) is 6.88. The second kappa shape index (κ2) is 10.3. The van der Waals surface area contributed by atoms with Gasteiger partial charge in [-0.2, -0.15) is 0 Å². The highest BCUT2D eigenvalue weighted by Crippen LogP contribution is 2.54. The van der Waals surface area contributed by atoms with Gasteiger partial charge >= 0.3 is 0 Å². The summed E-state index contributed by atoms with van der Waals surface area (Å²) in [6.07, 6.45) is 10.9. The van der Waals surface area contributed by atoms with Crippen molar-refractivity contribution in [3.05, 3.63) is 5.76 Å². The molecule has 0 spiro atoms. The fourth-order valence-corrected chi connectivity index (χ4v) is 8.22. The highest BCUT2D eigenvalue weighted by molar-refractivity contribution is 8.00. The molecule has 8 nitrogen and oxygen atoms in total. The van der Waals surface area contributed by atoms with Gasteiger partial charge in [0.1, 0.15) is 11.5 Å². The molecule has 35 heavy (non-hydrogen) atoms. The summed E-state index contributed by atoms with van der Waals surface area (Å²) in [5.41, 5.74) is -0.827. The highest BCUT2D eigenvalue weighted by atomic mass is 32.2. The first-order chi connectivity index (χ1) is 16.8. The van der Waals surface area contributed by atoms with E-state index in [4.69, 9.17) is 14.4 Å². The first-order valence-electron chi connectivity index (χ1n) is 13.3. The van der Waals surface area contributed by atoms with Crippen LogP contribution in [0.25, 0.3) is 0 Å². The number of ether oxygens (including phenoxy) is 1. The van der Waals surface area contributed by atoms with Crippen LogP contribution < -0.4 is 15.4 Å². The van der Waals surface area contributed by atoms with Gasteiger partial charge in [0.15, 0.2) is 0 Å². The maximum absolute atomic E-state index is 13.5. The second-order valence-electron chi connectivity index (χ2n) is 11.8. The number of carbonyl (C=O) groups is 2. The van der Waals surface area contributed by atoms with E-state index < -0.39 is 5.41 Å². The monoisotopic (exact) mass is 505 g/mol. The standard InChI is InChI=1S/C26H39N3O5S/c1-26(2,25(32)27-7-8-30)14-33-24-22(35-19-5-3-4-6-19)21(34-29-24)23(31)28-20-17-10-15-9-16(12-17)13-18(20)11-15/h15-20,30H,3-14H2,1-2H3,(H,27,32)(H,28,31). The van der Waals surface area contributed by atoms with Crippen LogP contribution in [0.4, 0.5) is 0 Å². The van der Waals surface area contributed by atoms with Crippen molar-refractivity contribution in [1.29, 1.82) is 0 Å². The molecule has 194 valence electrons. The molecular formula is C26H39N3O5S. The predicted molar refractivity (Wildman–Crippen MR) is 132 cm³/mol. The number of carbonyl (C=O) groups excluding carboxylic acids is 2. The van der Waals surface area contributed by atoms with Gasteiger partial charge in [-0.15, -0.1) is 11.8 Å². The van der Waals surface area contributed by atoms with Crippen molar-refractivity contribution in [2.45, 2.75) is 87.8 Å². The summed E-state index contributed by atoms with van der Waals surface area (Å²) in [5.74, 6) is 3.00. The molecule has 0 atom stereocenters. The Labute approximate surface area is 211 Å². The van der Waals surface area contributed by atoms with Gasteiger partial charge in [-0.3, -0.25) is 9.59 Å². The third-order valence-corrected chi connectivity index (χ3v) is 9.92. The van der Waals surface area contributed by atoms with E-state index in [0.29, 0.717) is 27.9 Å². The van der Waals surface area contributed by atoms with Gasteiger partial charge in [0.25, 0.3) is 11.8 Å². The molecule has 3 N–H and O–H groups in total. The SMILES string of the molecule is CC(C)(COc1noc(C(=O)NC2C3CC4CC(C3)CC2C4)c1SC1CCCC1)C(=O)NCCO. The number of thioether (sulfide) groups is 1. The number of rotatable bonds is 10. The molecule has 0 radical (unpaired) electrons. The van der Waals surface area contributed by atoms with Gasteiger partial charge in [0, 0.05) is 17.8 Å². The maximum Gasteiger partial charge on any atom is 0.291 e. The van der Waals surface area contributed by atoms with Crippen LogP contribution >= 0.6 is 11.8 Å². The minimum absolute atomic E-state index is 0.0889.